The van der Waals surface area contributed by atoms with Crippen molar-refractivity contribution in [1.82, 2.24) is 4.90 Å². The van der Waals surface area contributed by atoms with Gasteiger partial charge < -0.3 is 10.6 Å². The highest BCUT2D eigenvalue weighted by Crippen LogP contribution is 2.31. The van der Waals surface area contributed by atoms with Gasteiger partial charge in [0, 0.05) is 24.8 Å². The second kappa shape index (κ2) is 5.13. The zero-order valence-corrected chi connectivity index (χ0v) is 12.6. The number of rotatable bonds is 3. The molecule has 1 heterocycles. The molecule has 18 heavy (non-hydrogen) atoms. The Morgan fingerprint density at radius 3 is 2.17 bits per heavy atom. The van der Waals surface area contributed by atoms with Crippen LogP contribution in [-0.4, -0.2) is 48.8 Å². The summed E-state index contributed by atoms with van der Waals surface area (Å²) in [4.78, 5) is 14.1. The van der Waals surface area contributed by atoms with Crippen LogP contribution in [0.5, 0.6) is 0 Å². The van der Waals surface area contributed by atoms with Crippen molar-refractivity contribution >= 4 is 33.0 Å². The largest absolute Gasteiger partial charge is 0.393 e. The maximum atomic E-state index is 12.0. The van der Waals surface area contributed by atoms with Gasteiger partial charge in [-0.3, -0.25) is 4.79 Å². The number of hydrogen-bond acceptors (Lipinski definition) is 4. The first kappa shape index (κ1) is 15.4. The zero-order valence-electron chi connectivity index (χ0n) is 11.0. The topological polar surface area (TPSA) is 80.5 Å². The molecule has 7 heteroatoms. The normalized spacial score (nSPS) is 21.4. The van der Waals surface area contributed by atoms with E-state index in [9.17, 15) is 13.2 Å². The molecule has 1 amide bonds. The predicted molar refractivity (Wildman–Crippen MR) is 75.0 cm³/mol. The summed E-state index contributed by atoms with van der Waals surface area (Å²) in [6.07, 6.45) is 2.45. The predicted octanol–water partition coefficient (Wildman–Crippen LogP) is 0.334. The van der Waals surface area contributed by atoms with Crippen molar-refractivity contribution in [2.45, 2.75) is 31.9 Å². The summed E-state index contributed by atoms with van der Waals surface area (Å²) in [5.41, 5.74) is 5.46. The zero-order chi connectivity index (χ0) is 14.1. The molecule has 1 aliphatic heterocycles. The van der Waals surface area contributed by atoms with Gasteiger partial charge in [0.1, 0.15) is 5.25 Å². The van der Waals surface area contributed by atoms with Crippen LogP contribution < -0.4 is 5.73 Å². The van der Waals surface area contributed by atoms with Crippen LogP contribution in [0.1, 0.15) is 26.7 Å². The average molecular weight is 292 g/mol. The number of carbonyl (C=O) groups is 1. The molecule has 1 fully saturated rings. The molecule has 0 spiro atoms. The van der Waals surface area contributed by atoms with Crippen LogP contribution in [0.3, 0.4) is 0 Å². The Morgan fingerprint density at radius 2 is 1.83 bits per heavy atom. The summed E-state index contributed by atoms with van der Waals surface area (Å²) in [6, 6.07) is 0. The Bertz CT molecular complexity index is 451. The number of nitrogens with zero attached hydrogens (tertiary/aromatic N) is 1. The van der Waals surface area contributed by atoms with Gasteiger partial charge in [0.25, 0.3) is 0 Å². The summed E-state index contributed by atoms with van der Waals surface area (Å²) >= 11 is 5.02. The van der Waals surface area contributed by atoms with Crippen LogP contribution in [0, 0.1) is 5.41 Å². The van der Waals surface area contributed by atoms with E-state index in [2.05, 4.69) is 0 Å². The molecule has 104 valence electrons. The molecule has 0 bridgehead atoms. The van der Waals surface area contributed by atoms with E-state index in [1.165, 1.54) is 6.92 Å². The molecule has 0 radical (unpaired) electrons. The summed E-state index contributed by atoms with van der Waals surface area (Å²) in [5.74, 6) is -0.331. The third kappa shape index (κ3) is 3.20. The summed E-state index contributed by atoms with van der Waals surface area (Å²) in [6.45, 7) is 4.43. The van der Waals surface area contributed by atoms with Gasteiger partial charge in [0.15, 0.2) is 9.84 Å². The van der Waals surface area contributed by atoms with E-state index in [1.807, 2.05) is 6.92 Å². The standard InChI is InChI=1S/C11H20N2O3S2/c1-8(18(3,15)16)9(14)13-6-4-11(2,5-7-13)10(12)17/h8H,4-7H2,1-3H3,(H2,12,17). The smallest absolute Gasteiger partial charge is 0.240 e. The third-order valence-corrected chi connectivity index (χ3v) is 5.74. The van der Waals surface area contributed by atoms with E-state index in [0.29, 0.717) is 30.9 Å². The fourth-order valence-electron chi connectivity index (χ4n) is 1.91. The Labute approximate surface area is 114 Å². The first-order valence-corrected chi connectivity index (χ1v) is 8.22. The molecule has 1 rings (SSSR count). The molecule has 1 saturated heterocycles. The van der Waals surface area contributed by atoms with Crippen LogP contribution in [0.2, 0.25) is 0 Å². The highest BCUT2D eigenvalue weighted by Gasteiger charge is 2.36. The minimum absolute atomic E-state index is 0.222. The van der Waals surface area contributed by atoms with Crippen LogP contribution >= 0.6 is 12.2 Å². The Hall–Kier alpha value is -0.690. The summed E-state index contributed by atoms with van der Waals surface area (Å²) < 4.78 is 22.7. The summed E-state index contributed by atoms with van der Waals surface area (Å²) in [5, 5.41) is -0.980. The molecule has 0 aromatic heterocycles. The van der Waals surface area contributed by atoms with Crippen LogP contribution in [0.25, 0.3) is 0 Å². The first-order valence-electron chi connectivity index (χ1n) is 5.85. The van der Waals surface area contributed by atoms with Crippen LogP contribution in [-0.2, 0) is 14.6 Å². The molecule has 5 nitrogen and oxygen atoms in total. The van der Waals surface area contributed by atoms with Crippen molar-refractivity contribution in [2.75, 3.05) is 19.3 Å². The lowest BCUT2D eigenvalue weighted by Crippen LogP contribution is -2.50. The van der Waals surface area contributed by atoms with Gasteiger partial charge in [-0.2, -0.15) is 0 Å². The van der Waals surface area contributed by atoms with Crippen molar-refractivity contribution in [3.05, 3.63) is 0 Å². The molecule has 0 aliphatic carbocycles. The van der Waals surface area contributed by atoms with E-state index >= 15 is 0 Å². The van der Waals surface area contributed by atoms with Crippen LogP contribution in [0.15, 0.2) is 0 Å². The summed E-state index contributed by atoms with van der Waals surface area (Å²) in [7, 11) is -3.34. The minimum Gasteiger partial charge on any atom is -0.393 e. The number of thiocarbonyl (C=S) groups is 1. The van der Waals surface area contributed by atoms with E-state index in [1.54, 1.807) is 4.90 Å². The number of carbonyl (C=O) groups excluding carboxylic acids is 1. The molecule has 1 unspecified atom stereocenters. The minimum atomic E-state index is -3.34. The maximum absolute atomic E-state index is 12.0. The fourth-order valence-corrected chi connectivity index (χ4v) is 2.63. The molecular weight excluding hydrogens is 272 g/mol. The second-order valence-corrected chi connectivity index (χ2v) is 8.03. The number of amides is 1. The van der Waals surface area contributed by atoms with Gasteiger partial charge in [-0.1, -0.05) is 19.1 Å². The monoisotopic (exact) mass is 292 g/mol. The van der Waals surface area contributed by atoms with Gasteiger partial charge >= 0.3 is 0 Å². The molecule has 0 saturated carbocycles. The van der Waals surface area contributed by atoms with Crippen molar-refractivity contribution in [1.29, 1.82) is 0 Å². The molecular formula is C11H20N2O3S2. The quantitative estimate of drug-likeness (QED) is 0.758. The number of nitrogens with two attached hydrogens (primary N) is 1. The number of piperidine rings is 1. The van der Waals surface area contributed by atoms with Gasteiger partial charge in [0.05, 0.1) is 4.99 Å². The second-order valence-electron chi connectivity index (χ2n) is 5.22. The number of likely N-dealkylation sites (tertiary alicyclic amines) is 1. The van der Waals surface area contributed by atoms with E-state index in [0.717, 1.165) is 6.26 Å². The van der Waals surface area contributed by atoms with E-state index in [4.69, 9.17) is 18.0 Å². The Morgan fingerprint density at radius 1 is 1.39 bits per heavy atom. The van der Waals surface area contributed by atoms with E-state index < -0.39 is 15.1 Å². The Kier molecular flexibility index (Phi) is 4.38. The van der Waals surface area contributed by atoms with Gasteiger partial charge in [-0.15, -0.1) is 0 Å². The van der Waals surface area contributed by atoms with Crippen molar-refractivity contribution in [3.63, 3.8) is 0 Å². The van der Waals surface area contributed by atoms with Gasteiger partial charge in [-0.05, 0) is 19.8 Å². The average Bonchev–Trinajstić information content (AvgIpc) is 2.26. The number of hydrogen-bond donors (Lipinski definition) is 1. The molecule has 1 atom stereocenters. The molecule has 0 aromatic carbocycles. The molecule has 2 N–H and O–H groups in total. The molecule has 1 aliphatic rings. The first-order chi connectivity index (χ1) is 8.08. The highest BCUT2D eigenvalue weighted by atomic mass is 32.2. The van der Waals surface area contributed by atoms with Crippen molar-refractivity contribution < 1.29 is 13.2 Å². The SMILES string of the molecule is CC(C(=O)N1CCC(C)(C(N)=S)CC1)S(C)(=O)=O. The lowest BCUT2D eigenvalue weighted by Gasteiger charge is -2.39. The maximum Gasteiger partial charge on any atom is 0.240 e. The lowest BCUT2D eigenvalue weighted by molar-refractivity contribution is -0.132. The Balaban J connectivity index is 2.70. The van der Waals surface area contributed by atoms with Crippen molar-refractivity contribution in [2.24, 2.45) is 11.1 Å². The highest BCUT2D eigenvalue weighted by molar-refractivity contribution is 7.92. The van der Waals surface area contributed by atoms with E-state index in [-0.39, 0.29) is 11.3 Å². The van der Waals surface area contributed by atoms with Crippen LogP contribution in [0.4, 0.5) is 0 Å². The van der Waals surface area contributed by atoms with Gasteiger partial charge in [-0.25, -0.2) is 8.42 Å². The molecule has 0 aromatic rings. The van der Waals surface area contributed by atoms with Gasteiger partial charge in [0.2, 0.25) is 5.91 Å². The lowest BCUT2D eigenvalue weighted by atomic mass is 9.80. The fraction of sp³-hybridized carbons (Fsp3) is 0.818. The number of sulfone groups is 1. The van der Waals surface area contributed by atoms with Crippen molar-refractivity contribution in [3.8, 4) is 0 Å². The third-order valence-electron chi connectivity index (χ3n) is 3.76.